The number of alkyl halides is 2. The molecule has 194 valence electrons. The molecule has 5 rings (SSSR count). The number of benzene rings is 2. The summed E-state index contributed by atoms with van der Waals surface area (Å²) in [5.74, 6) is -5.60. The molecule has 0 bridgehead atoms. The maximum Gasteiger partial charge on any atom is 0.327 e. The molecule has 1 aliphatic heterocycles. The molecule has 1 unspecified atom stereocenters. The lowest BCUT2D eigenvalue weighted by Gasteiger charge is -2.31. The number of carbonyl (C=O) groups is 1. The van der Waals surface area contributed by atoms with E-state index in [2.05, 4.69) is 10.2 Å². The first kappa shape index (κ1) is 25.7. The summed E-state index contributed by atoms with van der Waals surface area (Å²) in [4.78, 5) is 15.1. The van der Waals surface area contributed by atoms with Crippen LogP contribution in [0.3, 0.4) is 0 Å². The lowest BCUT2D eigenvalue weighted by atomic mass is 9.95. The van der Waals surface area contributed by atoms with Crippen LogP contribution in [-0.2, 0) is 17.6 Å². The van der Waals surface area contributed by atoms with E-state index in [1.54, 1.807) is 36.4 Å². The average Bonchev–Trinajstić information content (AvgIpc) is 3.32. The number of rotatable bonds is 9. The molecule has 5 nitrogen and oxygen atoms in total. The molecule has 3 atom stereocenters. The van der Waals surface area contributed by atoms with Gasteiger partial charge in [0.05, 0.1) is 17.2 Å². The summed E-state index contributed by atoms with van der Waals surface area (Å²) in [5.41, 5.74) is 1.98. The Labute approximate surface area is 219 Å². The highest BCUT2D eigenvalue weighted by molar-refractivity contribution is 6.32. The highest BCUT2D eigenvalue weighted by atomic mass is 35.5. The van der Waals surface area contributed by atoms with Crippen molar-refractivity contribution in [2.24, 2.45) is 5.92 Å². The van der Waals surface area contributed by atoms with Gasteiger partial charge in [-0.2, -0.15) is 8.78 Å². The first-order valence-electron chi connectivity index (χ1n) is 12.5. The van der Waals surface area contributed by atoms with Crippen molar-refractivity contribution in [3.05, 3.63) is 63.1 Å². The molecule has 9 heteroatoms. The number of ether oxygens (including phenoxy) is 1. The molecule has 2 fully saturated rings. The van der Waals surface area contributed by atoms with Gasteiger partial charge in [-0.3, -0.25) is 4.79 Å². The summed E-state index contributed by atoms with van der Waals surface area (Å²) in [7, 11) is 0. The van der Waals surface area contributed by atoms with Crippen molar-refractivity contribution < 1.29 is 23.4 Å². The third kappa shape index (κ3) is 5.64. The predicted molar refractivity (Wildman–Crippen MR) is 135 cm³/mol. The molecule has 0 aromatic heterocycles. The van der Waals surface area contributed by atoms with Crippen LogP contribution in [0.2, 0.25) is 10.0 Å². The lowest BCUT2D eigenvalue weighted by Crippen LogP contribution is -2.54. The summed E-state index contributed by atoms with van der Waals surface area (Å²) < 4.78 is 36.5. The van der Waals surface area contributed by atoms with Gasteiger partial charge in [0.1, 0.15) is 11.9 Å². The van der Waals surface area contributed by atoms with Gasteiger partial charge in [0.25, 0.3) is 5.91 Å². The molecule has 0 radical (unpaired) electrons. The summed E-state index contributed by atoms with van der Waals surface area (Å²) in [6.07, 6.45) is 3.09. The summed E-state index contributed by atoms with van der Waals surface area (Å²) in [5, 5.41) is 14.5. The van der Waals surface area contributed by atoms with E-state index in [1.807, 2.05) is 0 Å². The van der Waals surface area contributed by atoms with Crippen LogP contribution in [0.1, 0.15) is 48.5 Å². The monoisotopic (exact) mass is 538 g/mol. The predicted octanol–water partition coefficient (Wildman–Crippen LogP) is 5.20. The Kier molecular flexibility index (Phi) is 7.46. The molecule has 2 N–H and O–H groups in total. The maximum absolute atomic E-state index is 15.4. The van der Waals surface area contributed by atoms with E-state index in [9.17, 15) is 9.90 Å². The van der Waals surface area contributed by atoms with Crippen molar-refractivity contribution in [1.29, 1.82) is 0 Å². The van der Waals surface area contributed by atoms with Crippen LogP contribution < -0.4 is 10.1 Å². The van der Waals surface area contributed by atoms with E-state index in [1.165, 1.54) is 0 Å². The Bertz CT molecular complexity index is 1120. The van der Waals surface area contributed by atoms with E-state index < -0.39 is 29.9 Å². The SMILES string of the molecule is O=C(N[C@H](CN1CCCC1)[C@H](O)c1ccc(OC2CC2)c(Cl)c1)C(F)(F)C1Cc2ccc(Cl)cc2C1. The summed E-state index contributed by atoms with van der Waals surface area (Å²) in [6, 6.07) is 9.12. The number of hydrogen-bond donors (Lipinski definition) is 2. The molecular weight excluding hydrogens is 509 g/mol. The minimum atomic E-state index is -3.60. The Balaban J connectivity index is 1.31. The number of nitrogens with one attached hydrogen (secondary N) is 1. The maximum atomic E-state index is 15.4. The smallest absolute Gasteiger partial charge is 0.327 e. The van der Waals surface area contributed by atoms with Crippen molar-refractivity contribution in [3.8, 4) is 5.75 Å². The summed E-state index contributed by atoms with van der Waals surface area (Å²) in [6.45, 7) is 1.85. The average molecular weight is 539 g/mol. The number of fused-ring (bicyclic) bond motifs is 1. The number of likely N-dealkylation sites (tertiary alicyclic amines) is 1. The lowest BCUT2D eigenvalue weighted by molar-refractivity contribution is -0.155. The van der Waals surface area contributed by atoms with Crippen LogP contribution in [0.15, 0.2) is 36.4 Å². The van der Waals surface area contributed by atoms with Crippen LogP contribution in [0.25, 0.3) is 0 Å². The van der Waals surface area contributed by atoms with Gasteiger partial charge in [0.15, 0.2) is 0 Å². The third-order valence-electron chi connectivity index (χ3n) is 7.38. The van der Waals surface area contributed by atoms with Crippen molar-refractivity contribution >= 4 is 29.1 Å². The molecular formula is C27H30Cl2F2N2O3. The second kappa shape index (κ2) is 10.4. The number of aliphatic hydroxyl groups is 1. The molecule has 2 aromatic carbocycles. The van der Waals surface area contributed by atoms with Gasteiger partial charge >= 0.3 is 5.92 Å². The van der Waals surface area contributed by atoms with Gasteiger partial charge < -0.3 is 20.1 Å². The number of carbonyl (C=O) groups excluding carboxylic acids is 1. The standard InChI is InChI=1S/C27H30Cl2F2N2O3/c28-20-5-3-16-11-19(12-18(16)13-20)27(30,31)26(35)32-23(15-33-9-1-2-10-33)25(34)17-4-8-24(22(29)14-17)36-21-6-7-21/h3-5,8,13-14,19,21,23,25,34H,1-2,6-7,9-12,15H2,(H,32,35)/t19?,23-,25-/m1/s1. The van der Waals surface area contributed by atoms with Crippen molar-refractivity contribution in [2.45, 2.75) is 62.7 Å². The molecule has 3 aliphatic rings. The Morgan fingerprint density at radius 1 is 1.11 bits per heavy atom. The van der Waals surface area contributed by atoms with Gasteiger partial charge in [-0.1, -0.05) is 35.3 Å². The van der Waals surface area contributed by atoms with E-state index >= 15 is 8.78 Å². The molecule has 36 heavy (non-hydrogen) atoms. The van der Waals surface area contributed by atoms with E-state index in [-0.39, 0.29) is 25.5 Å². The largest absolute Gasteiger partial charge is 0.489 e. The fraction of sp³-hybridized carbons (Fsp3) is 0.519. The molecule has 1 saturated carbocycles. The van der Waals surface area contributed by atoms with Crippen LogP contribution >= 0.6 is 23.2 Å². The molecule has 2 aromatic rings. The van der Waals surface area contributed by atoms with Crippen LogP contribution in [0.4, 0.5) is 8.78 Å². The fourth-order valence-corrected chi connectivity index (χ4v) is 5.58. The number of amides is 1. The van der Waals surface area contributed by atoms with Gasteiger partial charge in [0, 0.05) is 17.5 Å². The minimum Gasteiger partial charge on any atom is -0.489 e. The van der Waals surface area contributed by atoms with Crippen LogP contribution in [0, 0.1) is 5.92 Å². The Hall–Kier alpha value is -1.93. The van der Waals surface area contributed by atoms with Crippen LogP contribution in [0.5, 0.6) is 5.75 Å². The number of aliphatic hydroxyl groups excluding tert-OH is 1. The number of hydrogen-bond acceptors (Lipinski definition) is 4. The molecule has 1 heterocycles. The zero-order valence-electron chi connectivity index (χ0n) is 19.9. The third-order valence-corrected chi connectivity index (χ3v) is 7.91. The van der Waals surface area contributed by atoms with Crippen LogP contribution in [-0.4, -0.2) is 53.6 Å². The highest BCUT2D eigenvalue weighted by Gasteiger charge is 2.50. The first-order valence-corrected chi connectivity index (χ1v) is 13.3. The Morgan fingerprint density at radius 3 is 2.53 bits per heavy atom. The van der Waals surface area contributed by atoms with Gasteiger partial charge in [-0.15, -0.1) is 0 Å². The Morgan fingerprint density at radius 2 is 1.83 bits per heavy atom. The second-order valence-corrected chi connectivity index (χ2v) is 11.0. The molecule has 1 saturated heterocycles. The van der Waals surface area contributed by atoms with Gasteiger partial charge in [-0.05, 0) is 92.6 Å². The fourth-order valence-electron chi connectivity index (χ4n) is 5.16. The number of halogens is 4. The van der Waals surface area contributed by atoms with Gasteiger partial charge in [0.2, 0.25) is 0 Å². The second-order valence-electron chi connectivity index (χ2n) is 10.2. The molecule has 0 spiro atoms. The van der Waals surface area contributed by atoms with Gasteiger partial charge in [-0.25, -0.2) is 0 Å². The quantitative estimate of drug-likeness (QED) is 0.460. The first-order chi connectivity index (χ1) is 17.2. The zero-order valence-corrected chi connectivity index (χ0v) is 21.4. The number of nitrogens with zero attached hydrogens (tertiary/aromatic N) is 1. The zero-order chi connectivity index (χ0) is 25.4. The van der Waals surface area contributed by atoms with E-state index in [0.717, 1.165) is 49.9 Å². The normalized spacial score (nSPS) is 21.8. The van der Waals surface area contributed by atoms with E-state index in [4.69, 9.17) is 27.9 Å². The van der Waals surface area contributed by atoms with Crippen molar-refractivity contribution in [1.82, 2.24) is 10.2 Å². The van der Waals surface area contributed by atoms with E-state index in [0.29, 0.717) is 21.4 Å². The highest BCUT2D eigenvalue weighted by Crippen LogP contribution is 2.39. The summed E-state index contributed by atoms with van der Waals surface area (Å²) >= 11 is 12.4. The minimum absolute atomic E-state index is 0.0771. The molecule has 1 amide bonds. The topological polar surface area (TPSA) is 61.8 Å². The van der Waals surface area contributed by atoms with Crippen molar-refractivity contribution in [3.63, 3.8) is 0 Å². The molecule has 2 aliphatic carbocycles. The van der Waals surface area contributed by atoms with Crippen molar-refractivity contribution in [2.75, 3.05) is 19.6 Å².